The molecule has 0 spiro atoms. The summed E-state index contributed by atoms with van der Waals surface area (Å²) in [4.78, 5) is 13.9. The lowest BCUT2D eigenvalue weighted by Gasteiger charge is -2.26. The van der Waals surface area contributed by atoms with Gasteiger partial charge in [0.2, 0.25) is 5.95 Å². The third-order valence-corrected chi connectivity index (χ3v) is 5.74. The number of imidazole rings is 1. The smallest absolute Gasteiger partial charge is 0.241 e. The van der Waals surface area contributed by atoms with Crippen molar-refractivity contribution in [1.29, 1.82) is 0 Å². The maximum absolute atomic E-state index is 5.99. The summed E-state index contributed by atoms with van der Waals surface area (Å²) in [5, 5.41) is 8.09. The average molecular weight is 376 g/mol. The van der Waals surface area contributed by atoms with Crippen molar-refractivity contribution >= 4 is 22.6 Å². The van der Waals surface area contributed by atoms with Gasteiger partial charge in [-0.1, -0.05) is 0 Å². The van der Waals surface area contributed by atoms with Crippen LogP contribution in [0.2, 0.25) is 0 Å². The van der Waals surface area contributed by atoms with Crippen LogP contribution in [0.25, 0.3) is 27.9 Å². The van der Waals surface area contributed by atoms with Crippen molar-refractivity contribution in [3.05, 3.63) is 36.4 Å². The zero-order chi connectivity index (χ0) is 19.3. The molecule has 1 saturated carbocycles. The lowest BCUT2D eigenvalue weighted by atomic mass is 9.92. The van der Waals surface area contributed by atoms with Crippen molar-refractivity contribution in [3.8, 4) is 11.3 Å². The van der Waals surface area contributed by atoms with Gasteiger partial charge in [-0.15, -0.1) is 5.10 Å². The minimum Gasteiger partial charge on any atom is -0.350 e. The summed E-state index contributed by atoms with van der Waals surface area (Å²) in [6.45, 7) is 1.98. The number of hydrogen-bond acceptors (Lipinski definition) is 6. The van der Waals surface area contributed by atoms with Crippen LogP contribution in [0.3, 0.4) is 0 Å². The number of aryl methyl sites for hydroxylation is 2. The molecule has 0 saturated heterocycles. The molecule has 28 heavy (non-hydrogen) atoms. The van der Waals surface area contributed by atoms with Crippen LogP contribution in [0.5, 0.6) is 0 Å². The SMILES string of the molecule is Cc1nc2ccc(-c3ccn4nc(N[C@H]5CC[C@H](N)CC5)ncc34)nc2n1C. The van der Waals surface area contributed by atoms with E-state index in [1.165, 1.54) is 0 Å². The van der Waals surface area contributed by atoms with Gasteiger partial charge >= 0.3 is 0 Å². The Bertz CT molecular complexity index is 1150. The van der Waals surface area contributed by atoms with E-state index in [2.05, 4.69) is 20.4 Å². The fourth-order valence-electron chi connectivity index (χ4n) is 3.96. The zero-order valence-electron chi connectivity index (χ0n) is 16.1. The fourth-order valence-corrected chi connectivity index (χ4v) is 3.96. The van der Waals surface area contributed by atoms with E-state index in [-0.39, 0.29) is 0 Å². The maximum Gasteiger partial charge on any atom is 0.241 e. The predicted octanol–water partition coefficient (Wildman–Crippen LogP) is 2.67. The maximum atomic E-state index is 5.99. The summed E-state index contributed by atoms with van der Waals surface area (Å²) in [5.74, 6) is 1.60. The Morgan fingerprint density at radius 1 is 1.11 bits per heavy atom. The first-order chi connectivity index (χ1) is 13.6. The van der Waals surface area contributed by atoms with Crippen LogP contribution in [0.4, 0.5) is 5.95 Å². The Hall–Kier alpha value is -3.00. The van der Waals surface area contributed by atoms with Crippen molar-refractivity contribution in [1.82, 2.24) is 29.1 Å². The first-order valence-electron chi connectivity index (χ1n) is 9.75. The molecule has 5 rings (SSSR count). The normalized spacial score (nSPS) is 20.1. The van der Waals surface area contributed by atoms with Crippen molar-refractivity contribution in [3.63, 3.8) is 0 Å². The molecule has 0 amide bonds. The van der Waals surface area contributed by atoms with E-state index in [1.54, 1.807) is 0 Å². The third kappa shape index (κ3) is 2.90. The summed E-state index contributed by atoms with van der Waals surface area (Å²) < 4.78 is 3.87. The van der Waals surface area contributed by atoms with Gasteiger partial charge in [-0.2, -0.15) is 0 Å². The largest absolute Gasteiger partial charge is 0.350 e. The van der Waals surface area contributed by atoms with Gasteiger partial charge < -0.3 is 15.6 Å². The predicted molar refractivity (Wildman–Crippen MR) is 109 cm³/mol. The second kappa shape index (κ2) is 6.56. The van der Waals surface area contributed by atoms with E-state index >= 15 is 0 Å². The van der Waals surface area contributed by atoms with Gasteiger partial charge in [0.25, 0.3) is 0 Å². The van der Waals surface area contributed by atoms with Crippen LogP contribution in [0.1, 0.15) is 31.5 Å². The van der Waals surface area contributed by atoms with Gasteiger partial charge in [-0.3, -0.25) is 0 Å². The Kier molecular flexibility index (Phi) is 4.01. The van der Waals surface area contributed by atoms with Gasteiger partial charge in [0.15, 0.2) is 5.65 Å². The highest BCUT2D eigenvalue weighted by Gasteiger charge is 2.19. The van der Waals surface area contributed by atoms with Crippen LogP contribution in [-0.2, 0) is 7.05 Å². The lowest BCUT2D eigenvalue weighted by Crippen LogP contribution is -2.33. The molecular weight excluding hydrogens is 352 g/mol. The summed E-state index contributed by atoms with van der Waals surface area (Å²) in [5.41, 5.74) is 10.6. The molecule has 0 bridgehead atoms. The van der Waals surface area contributed by atoms with Crippen molar-refractivity contribution in [2.24, 2.45) is 12.8 Å². The molecule has 8 nitrogen and oxygen atoms in total. The topological polar surface area (TPSA) is 98.9 Å². The van der Waals surface area contributed by atoms with E-state index in [4.69, 9.17) is 10.7 Å². The quantitative estimate of drug-likeness (QED) is 0.570. The summed E-state index contributed by atoms with van der Waals surface area (Å²) in [6, 6.07) is 6.77. The Morgan fingerprint density at radius 3 is 2.75 bits per heavy atom. The van der Waals surface area contributed by atoms with Gasteiger partial charge in [-0.25, -0.2) is 19.5 Å². The zero-order valence-corrected chi connectivity index (χ0v) is 16.1. The molecular formula is C20H24N8. The van der Waals surface area contributed by atoms with E-state index in [1.807, 2.05) is 53.6 Å². The van der Waals surface area contributed by atoms with Gasteiger partial charge in [0, 0.05) is 30.9 Å². The van der Waals surface area contributed by atoms with E-state index in [0.29, 0.717) is 18.0 Å². The molecule has 0 unspecified atom stereocenters. The molecule has 1 fully saturated rings. The molecule has 8 heteroatoms. The first-order valence-corrected chi connectivity index (χ1v) is 9.75. The number of hydrogen-bond donors (Lipinski definition) is 2. The van der Waals surface area contributed by atoms with E-state index < -0.39 is 0 Å². The third-order valence-electron chi connectivity index (χ3n) is 5.74. The number of rotatable bonds is 3. The van der Waals surface area contributed by atoms with Crippen LogP contribution in [-0.4, -0.2) is 41.2 Å². The number of fused-ring (bicyclic) bond motifs is 2. The molecule has 1 aliphatic rings. The second-order valence-corrected chi connectivity index (χ2v) is 7.65. The first kappa shape index (κ1) is 17.1. The molecule has 4 heterocycles. The molecule has 0 aliphatic heterocycles. The monoisotopic (exact) mass is 376 g/mol. The summed E-state index contributed by atoms with van der Waals surface area (Å²) in [7, 11) is 1.98. The standard InChI is InChI=1S/C20H24N8/c1-12-23-17-8-7-16(25-19(17)27(12)2)15-9-10-28-18(15)11-22-20(26-28)24-14-5-3-13(21)4-6-14/h7-11,13-14H,3-6,21H2,1-2H3,(H,24,26)/t13-,14-. The summed E-state index contributed by atoms with van der Waals surface area (Å²) in [6.07, 6.45) is 8.04. The lowest BCUT2D eigenvalue weighted by molar-refractivity contribution is 0.409. The van der Waals surface area contributed by atoms with Gasteiger partial charge in [-0.05, 0) is 50.8 Å². The molecule has 3 N–H and O–H groups in total. The van der Waals surface area contributed by atoms with Crippen LogP contribution in [0.15, 0.2) is 30.6 Å². The van der Waals surface area contributed by atoms with Crippen molar-refractivity contribution in [2.75, 3.05) is 5.32 Å². The van der Waals surface area contributed by atoms with Crippen molar-refractivity contribution in [2.45, 2.75) is 44.7 Å². The molecule has 0 aromatic carbocycles. The highest BCUT2D eigenvalue weighted by molar-refractivity contribution is 5.82. The number of nitrogens with one attached hydrogen (secondary N) is 1. The number of nitrogens with zero attached hydrogens (tertiary/aromatic N) is 6. The average Bonchev–Trinajstić information content (AvgIpc) is 3.24. The fraction of sp³-hybridized carbons (Fsp3) is 0.400. The van der Waals surface area contributed by atoms with Gasteiger partial charge in [0.1, 0.15) is 11.3 Å². The molecule has 1 aliphatic carbocycles. The number of pyridine rings is 1. The Morgan fingerprint density at radius 2 is 1.93 bits per heavy atom. The van der Waals surface area contributed by atoms with Crippen LogP contribution in [0, 0.1) is 6.92 Å². The second-order valence-electron chi connectivity index (χ2n) is 7.65. The number of nitrogens with two attached hydrogens (primary N) is 1. The van der Waals surface area contributed by atoms with Crippen LogP contribution < -0.4 is 11.1 Å². The molecule has 4 aromatic rings. The number of anilines is 1. The highest BCUT2D eigenvalue weighted by Crippen LogP contribution is 2.26. The Balaban J connectivity index is 1.46. The van der Waals surface area contributed by atoms with E-state index in [0.717, 1.165) is 59.4 Å². The van der Waals surface area contributed by atoms with Crippen LogP contribution >= 0.6 is 0 Å². The molecule has 4 aromatic heterocycles. The summed E-state index contributed by atoms with van der Waals surface area (Å²) >= 11 is 0. The minimum atomic E-state index is 0.335. The van der Waals surface area contributed by atoms with Gasteiger partial charge in [0.05, 0.1) is 17.4 Å². The molecule has 144 valence electrons. The van der Waals surface area contributed by atoms with Crippen molar-refractivity contribution < 1.29 is 0 Å². The molecule has 0 radical (unpaired) electrons. The molecule has 0 atom stereocenters. The number of aromatic nitrogens is 6. The minimum absolute atomic E-state index is 0.335. The van der Waals surface area contributed by atoms with E-state index in [9.17, 15) is 0 Å². The highest BCUT2D eigenvalue weighted by atomic mass is 15.3. The Labute approximate surface area is 162 Å².